The van der Waals surface area contributed by atoms with Crippen LogP contribution in [0.2, 0.25) is 0 Å². The summed E-state index contributed by atoms with van der Waals surface area (Å²) < 4.78 is 11.6. The molecule has 0 radical (unpaired) electrons. The Hall–Kier alpha value is -1.65. The zero-order valence-electron chi connectivity index (χ0n) is 19.7. The molecule has 4 heteroatoms. The standard InChI is InChI=1S/C27H42O4/c1-4-31-24(19-22-13-9-6-5-7-10-14-22)17-18-25(21(2)30-3)27(29)20-26(28)23-15-11-8-12-16-23/h8,11-12,15-16,20-22,24-25,28H,4-7,9-10,13-14,17-19H2,1-3H3/b26-20-. The average Bonchev–Trinajstić information content (AvgIpc) is 2.75. The molecule has 3 unspecified atom stereocenters. The Morgan fingerprint density at radius 1 is 1.10 bits per heavy atom. The summed E-state index contributed by atoms with van der Waals surface area (Å²) >= 11 is 0. The first kappa shape index (κ1) is 25.6. The average molecular weight is 431 g/mol. The van der Waals surface area contributed by atoms with Crippen LogP contribution in [0, 0.1) is 11.8 Å². The van der Waals surface area contributed by atoms with Gasteiger partial charge in [0.2, 0.25) is 0 Å². The van der Waals surface area contributed by atoms with E-state index in [1.54, 1.807) is 19.2 Å². The molecule has 1 aliphatic carbocycles. The quantitative estimate of drug-likeness (QED) is 0.295. The van der Waals surface area contributed by atoms with Crippen molar-refractivity contribution in [3.05, 3.63) is 42.0 Å². The molecule has 0 amide bonds. The van der Waals surface area contributed by atoms with E-state index in [4.69, 9.17) is 9.47 Å². The van der Waals surface area contributed by atoms with E-state index in [2.05, 4.69) is 0 Å². The summed E-state index contributed by atoms with van der Waals surface area (Å²) in [5, 5.41) is 10.4. The number of rotatable bonds is 12. The number of ketones is 1. The molecule has 1 aliphatic rings. The third-order valence-corrected chi connectivity index (χ3v) is 6.68. The summed E-state index contributed by atoms with van der Waals surface area (Å²) in [5.74, 6) is 0.357. The van der Waals surface area contributed by atoms with Crippen LogP contribution in [0.4, 0.5) is 0 Å². The van der Waals surface area contributed by atoms with Crippen LogP contribution < -0.4 is 0 Å². The molecule has 4 nitrogen and oxygen atoms in total. The van der Waals surface area contributed by atoms with Crippen molar-refractivity contribution in [3.63, 3.8) is 0 Å². The SMILES string of the molecule is CCOC(CCC(C(=O)/C=C(\O)c1ccccc1)C(C)OC)CC1CCCCCCC1. The maximum absolute atomic E-state index is 13.0. The summed E-state index contributed by atoms with van der Waals surface area (Å²) in [6.07, 6.45) is 13.3. The van der Waals surface area contributed by atoms with Crippen molar-refractivity contribution in [2.24, 2.45) is 11.8 Å². The zero-order valence-corrected chi connectivity index (χ0v) is 19.7. The highest BCUT2D eigenvalue weighted by Gasteiger charge is 2.26. The third-order valence-electron chi connectivity index (χ3n) is 6.68. The van der Waals surface area contributed by atoms with Crippen LogP contribution in [0.15, 0.2) is 36.4 Å². The van der Waals surface area contributed by atoms with Gasteiger partial charge in [-0.25, -0.2) is 0 Å². The van der Waals surface area contributed by atoms with Crippen molar-refractivity contribution < 1.29 is 19.4 Å². The van der Waals surface area contributed by atoms with Crippen molar-refractivity contribution in [2.45, 2.75) is 90.3 Å². The first-order chi connectivity index (χ1) is 15.0. The Morgan fingerprint density at radius 2 is 1.74 bits per heavy atom. The molecule has 1 aromatic carbocycles. The van der Waals surface area contributed by atoms with Gasteiger partial charge < -0.3 is 14.6 Å². The Balaban J connectivity index is 2.01. The summed E-state index contributed by atoms with van der Waals surface area (Å²) in [5.41, 5.74) is 0.649. The third kappa shape index (κ3) is 9.16. The van der Waals surface area contributed by atoms with Gasteiger partial charge in [0, 0.05) is 31.3 Å². The van der Waals surface area contributed by atoms with Crippen LogP contribution in [-0.2, 0) is 14.3 Å². The lowest BCUT2D eigenvalue weighted by molar-refractivity contribution is -0.122. The summed E-state index contributed by atoms with van der Waals surface area (Å²) in [6, 6.07) is 9.18. The van der Waals surface area contributed by atoms with Crippen LogP contribution in [0.5, 0.6) is 0 Å². The van der Waals surface area contributed by atoms with Crippen molar-refractivity contribution in [2.75, 3.05) is 13.7 Å². The minimum absolute atomic E-state index is 0.00906. The number of aliphatic hydroxyl groups excluding tert-OH is 1. The lowest BCUT2D eigenvalue weighted by atomic mass is 9.84. The second kappa shape index (κ2) is 14.4. The van der Waals surface area contributed by atoms with Gasteiger partial charge in [-0.2, -0.15) is 0 Å². The molecule has 0 spiro atoms. The number of hydrogen-bond donors (Lipinski definition) is 1. The van der Waals surface area contributed by atoms with E-state index in [9.17, 15) is 9.90 Å². The number of benzene rings is 1. The monoisotopic (exact) mass is 430 g/mol. The molecule has 0 aliphatic heterocycles. The normalized spacial score (nSPS) is 19.3. The molecular formula is C27H42O4. The molecule has 1 fully saturated rings. The van der Waals surface area contributed by atoms with Gasteiger partial charge in [0.05, 0.1) is 12.2 Å². The summed E-state index contributed by atoms with van der Waals surface area (Å²) in [4.78, 5) is 13.0. The summed E-state index contributed by atoms with van der Waals surface area (Å²) in [6.45, 7) is 4.68. The molecule has 1 N–H and O–H groups in total. The van der Waals surface area contributed by atoms with E-state index in [0.717, 1.165) is 18.8 Å². The van der Waals surface area contributed by atoms with Crippen LogP contribution >= 0.6 is 0 Å². The number of carbonyl (C=O) groups excluding carboxylic acids is 1. The largest absolute Gasteiger partial charge is 0.507 e. The number of allylic oxidation sites excluding steroid dienone is 1. The maximum Gasteiger partial charge on any atom is 0.165 e. The van der Waals surface area contributed by atoms with Gasteiger partial charge in [-0.1, -0.05) is 75.3 Å². The Bertz CT molecular complexity index is 646. The van der Waals surface area contributed by atoms with Gasteiger partial charge in [-0.15, -0.1) is 0 Å². The number of ether oxygens (including phenoxy) is 2. The van der Waals surface area contributed by atoms with Gasteiger partial charge in [-0.3, -0.25) is 4.79 Å². The highest BCUT2D eigenvalue weighted by Crippen LogP contribution is 2.29. The number of methoxy groups -OCH3 is 1. The topological polar surface area (TPSA) is 55.8 Å². The van der Waals surface area contributed by atoms with Crippen molar-refractivity contribution in [1.29, 1.82) is 0 Å². The van der Waals surface area contributed by atoms with Gasteiger partial charge >= 0.3 is 0 Å². The van der Waals surface area contributed by atoms with Crippen LogP contribution in [-0.4, -0.2) is 36.8 Å². The molecular weight excluding hydrogens is 388 g/mol. The molecule has 0 heterocycles. The van der Waals surface area contributed by atoms with E-state index in [1.807, 2.05) is 32.0 Å². The van der Waals surface area contributed by atoms with Gasteiger partial charge in [0.25, 0.3) is 0 Å². The number of aliphatic hydroxyl groups is 1. The molecule has 31 heavy (non-hydrogen) atoms. The molecule has 0 saturated heterocycles. The fraction of sp³-hybridized carbons (Fsp3) is 0.667. The number of hydrogen-bond acceptors (Lipinski definition) is 4. The highest BCUT2D eigenvalue weighted by molar-refractivity contribution is 5.97. The Labute approximate surface area is 189 Å². The first-order valence-corrected chi connectivity index (χ1v) is 12.2. The smallest absolute Gasteiger partial charge is 0.165 e. The van der Waals surface area contributed by atoms with Gasteiger partial charge in [0.15, 0.2) is 5.78 Å². The van der Waals surface area contributed by atoms with Gasteiger partial charge in [-0.05, 0) is 39.0 Å². The summed E-state index contributed by atoms with van der Waals surface area (Å²) in [7, 11) is 1.64. The lowest BCUT2D eigenvalue weighted by Crippen LogP contribution is -2.29. The van der Waals surface area contributed by atoms with E-state index in [1.165, 1.54) is 51.0 Å². The van der Waals surface area contributed by atoms with E-state index in [-0.39, 0.29) is 29.7 Å². The van der Waals surface area contributed by atoms with E-state index < -0.39 is 0 Å². The fourth-order valence-corrected chi connectivity index (χ4v) is 4.73. The van der Waals surface area contributed by atoms with E-state index in [0.29, 0.717) is 18.6 Å². The van der Waals surface area contributed by atoms with Gasteiger partial charge in [0.1, 0.15) is 5.76 Å². The minimum Gasteiger partial charge on any atom is -0.507 e. The maximum atomic E-state index is 13.0. The van der Waals surface area contributed by atoms with E-state index >= 15 is 0 Å². The molecule has 3 atom stereocenters. The molecule has 1 saturated carbocycles. The molecule has 1 aromatic rings. The van der Waals surface area contributed by atoms with Crippen LogP contribution in [0.3, 0.4) is 0 Å². The lowest BCUT2D eigenvalue weighted by Gasteiger charge is -2.27. The highest BCUT2D eigenvalue weighted by atomic mass is 16.5. The first-order valence-electron chi connectivity index (χ1n) is 12.2. The van der Waals surface area contributed by atoms with Crippen LogP contribution in [0.25, 0.3) is 5.76 Å². The molecule has 2 rings (SSSR count). The Kier molecular flexibility index (Phi) is 11.9. The second-order valence-electron chi connectivity index (χ2n) is 8.95. The Morgan fingerprint density at radius 3 is 2.35 bits per heavy atom. The predicted molar refractivity (Wildman–Crippen MR) is 127 cm³/mol. The van der Waals surface area contributed by atoms with Crippen molar-refractivity contribution in [1.82, 2.24) is 0 Å². The van der Waals surface area contributed by atoms with Crippen LogP contribution in [0.1, 0.15) is 83.6 Å². The van der Waals surface area contributed by atoms with Crippen molar-refractivity contribution >= 4 is 11.5 Å². The molecule has 0 bridgehead atoms. The number of carbonyl (C=O) groups is 1. The zero-order chi connectivity index (χ0) is 22.5. The minimum atomic E-state index is -0.295. The second-order valence-corrected chi connectivity index (χ2v) is 8.95. The fourth-order valence-electron chi connectivity index (χ4n) is 4.73. The van der Waals surface area contributed by atoms with Crippen molar-refractivity contribution in [3.8, 4) is 0 Å². The molecule has 174 valence electrons. The predicted octanol–water partition coefficient (Wildman–Crippen LogP) is 6.74. The molecule has 0 aromatic heterocycles.